The molecule has 0 aliphatic heterocycles. The molecule has 1 aromatic carbocycles. The van der Waals surface area contributed by atoms with Crippen LogP contribution in [0.1, 0.15) is 5.56 Å². The molecule has 1 atom stereocenters. The van der Waals surface area contributed by atoms with Crippen LogP contribution in [-0.4, -0.2) is 40.0 Å². The molecule has 0 N–H and O–H groups in total. The molecule has 0 bridgehead atoms. The summed E-state index contributed by atoms with van der Waals surface area (Å²) in [5, 5.41) is 20.1. The lowest BCUT2D eigenvalue weighted by Gasteiger charge is -2.64. The van der Waals surface area contributed by atoms with Crippen molar-refractivity contribution in [2.75, 3.05) is 28.4 Å². The number of benzene rings is 1. The van der Waals surface area contributed by atoms with Gasteiger partial charge in [0.15, 0.2) is 0 Å². The predicted octanol–water partition coefficient (Wildman–Crippen LogP) is 2.99. The van der Waals surface area contributed by atoms with Gasteiger partial charge in [0.2, 0.25) is 11.2 Å². The SMILES string of the molecule is COC1(OC)[C@@H](/C=C/c2ccc(Cl)cc2)C(C#N)(C#N)C1(OC)OC. The van der Waals surface area contributed by atoms with Gasteiger partial charge in [0, 0.05) is 33.5 Å². The van der Waals surface area contributed by atoms with Crippen molar-refractivity contribution in [2.45, 2.75) is 11.6 Å². The molecule has 1 aromatic rings. The van der Waals surface area contributed by atoms with E-state index in [1.165, 1.54) is 28.4 Å². The Morgan fingerprint density at radius 1 is 0.960 bits per heavy atom. The Hall–Kier alpha value is -1.93. The van der Waals surface area contributed by atoms with Crippen LogP contribution in [0.4, 0.5) is 0 Å². The van der Waals surface area contributed by atoms with E-state index in [2.05, 4.69) is 0 Å². The lowest BCUT2D eigenvalue weighted by Crippen LogP contribution is -2.83. The number of ether oxygens (including phenoxy) is 4. The zero-order chi connectivity index (χ0) is 18.7. The highest BCUT2D eigenvalue weighted by Crippen LogP contribution is 2.65. The first-order chi connectivity index (χ1) is 12.0. The van der Waals surface area contributed by atoms with Gasteiger partial charge in [-0.2, -0.15) is 10.5 Å². The number of methoxy groups -OCH3 is 4. The van der Waals surface area contributed by atoms with E-state index in [0.29, 0.717) is 5.02 Å². The standard InChI is InChI=1S/C18H19ClN2O4/c1-22-17(23-2)15(10-7-13-5-8-14(19)9-6-13)16(11-20,12-21)18(17,24-3)25-4/h5-10,15H,1-4H3/b10-7+/t15-/m0/s1. The van der Waals surface area contributed by atoms with Gasteiger partial charge in [0.25, 0.3) is 5.79 Å². The molecular formula is C18H19ClN2O4. The topological polar surface area (TPSA) is 84.5 Å². The zero-order valence-corrected chi connectivity index (χ0v) is 15.2. The maximum atomic E-state index is 9.77. The molecule has 0 heterocycles. The molecule has 25 heavy (non-hydrogen) atoms. The number of nitrogens with zero attached hydrogens (tertiary/aromatic N) is 2. The smallest absolute Gasteiger partial charge is 0.257 e. The average Bonchev–Trinajstić information content (AvgIpc) is 2.64. The maximum Gasteiger partial charge on any atom is 0.257 e. The van der Waals surface area contributed by atoms with Crippen LogP contribution in [0.25, 0.3) is 6.08 Å². The van der Waals surface area contributed by atoms with E-state index in [9.17, 15) is 10.5 Å². The average molecular weight is 363 g/mol. The van der Waals surface area contributed by atoms with Crippen molar-refractivity contribution in [3.8, 4) is 12.1 Å². The van der Waals surface area contributed by atoms with Crippen LogP contribution in [0.5, 0.6) is 0 Å². The van der Waals surface area contributed by atoms with Crippen LogP contribution in [0.15, 0.2) is 30.3 Å². The van der Waals surface area contributed by atoms with E-state index in [4.69, 9.17) is 30.5 Å². The summed E-state index contributed by atoms with van der Waals surface area (Å²) in [6.45, 7) is 0. The summed E-state index contributed by atoms with van der Waals surface area (Å²) in [5.41, 5.74) is -0.798. The van der Waals surface area contributed by atoms with Gasteiger partial charge in [0.1, 0.15) is 0 Å². The lowest BCUT2D eigenvalue weighted by molar-refractivity contribution is -0.489. The molecule has 0 saturated heterocycles. The molecule has 0 spiro atoms. The van der Waals surface area contributed by atoms with Crippen molar-refractivity contribution in [3.05, 3.63) is 40.9 Å². The highest BCUT2D eigenvalue weighted by atomic mass is 35.5. The summed E-state index contributed by atoms with van der Waals surface area (Å²) in [4.78, 5) is 0. The summed E-state index contributed by atoms with van der Waals surface area (Å²) < 4.78 is 22.0. The molecule has 7 heteroatoms. The number of hydrogen-bond acceptors (Lipinski definition) is 6. The summed E-state index contributed by atoms with van der Waals surface area (Å²) in [6.07, 6.45) is 3.46. The third-order valence-electron chi connectivity index (χ3n) is 4.74. The van der Waals surface area contributed by atoms with Gasteiger partial charge in [-0.1, -0.05) is 35.9 Å². The molecule has 6 nitrogen and oxygen atoms in total. The molecule has 0 aromatic heterocycles. The molecule has 0 amide bonds. The monoisotopic (exact) mass is 362 g/mol. The first-order valence-corrected chi connectivity index (χ1v) is 7.82. The molecule has 1 fully saturated rings. The molecular weight excluding hydrogens is 344 g/mol. The first-order valence-electron chi connectivity index (χ1n) is 7.44. The van der Waals surface area contributed by atoms with Gasteiger partial charge in [-0.25, -0.2) is 0 Å². The van der Waals surface area contributed by atoms with Gasteiger partial charge < -0.3 is 18.9 Å². The fraction of sp³-hybridized carbons (Fsp3) is 0.444. The Kier molecular flexibility index (Phi) is 5.53. The Morgan fingerprint density at radius 3 is 1.88 bits per heavy atom. The van der Waals surface area contributed by atoms with Crippen LogP contribution in [-0.2, 0) is 18.9 Å². The predicted molar refractivity (Wildman–Crippen MR) is 91.1 cm³/mol. The Balaban J connectivity index is 2.55. The van der Waals surface area contributed by atoms with Crippen molar-refractivity contribution in [3.63, 3.8) is 0 Å². The van der Waals surface area contributed by atoms with E-state index < -0.39 is 22.9 Å². The summed E-state index contributed by atoms with van der Waals surface area (Å²) in [7, 11) is 5.52. The minimum atomic E-state index is -1.69. The van der Waals surface area contributed by atoms with E-state index >= 15 is 0 Å². The van der Waals surface area contributed by atoms with Crippen molar-refractivity contribution in [1.29, 1.82) is 10.5 Å². The molecule has 132 valence electrons. The summed E-state index contributed by atoms with van der Waals surface area (Å²) >= 11 is 5.88. The molecule has 2 rings (SSSR count). The lowest BCUT2D eigenvalue weighted by atomic mass is 9.51. The third kappa shape index (κ3) is 2.38. The van der Waals surface area contributed by atoms with Crippen molar-refractivity contribution in [1.82, 2.24) is 0 Å². The fourth-order valence-electron chi connectivity index (χ4n) is 3.55. The van der Waals surface area contributed by atoms with Crippen LogP contribution >= 0.6 is 11.6 Å². The second kappa shape index (κ2) is 7.13. The third-order valence-corrected chi connectivity index (χ3v) is 4.99. The molecule has 1 aliphatic rings. The van der Waals surface area contributed by atoms with Crippen LogP contribution in [0.3, 0.4) is 0 Å². The van der Waals surface area contributed by atoms with Crippen molar-refractivity contribution >= 4 is 17.7 Å². The van der Waals surface area contributed by atoms with Crippen LogP contribution < -0.4 is 0 Å². The summed E-state index contributed by atoms with van der Waals surface area (Å²) in [6, 6.07) is 11.2. The Bertz CT molecular complexity index is 711. The number of halogens is 1. The van der Waals surface area contributed by atoms with Crippen LogP contribution in [0, 0.1) is 34.0 Å². The number of rotatable bonds is 6. The quantitative estimate of drug-likeness (QED) is 0.723. The Morgan fingerprint density at radius 2 is 1.48 bits per heavy atom. The Labute approximate surface area is 152 Å². The second-order valence-electron chi connectivity index (χ2n) is 5.52. The van der Waals surface area contributed by atoms with Gasteiger partial charge in [-0.05, 0) is 17.7 Å². The van der Waals surface area contributed by atoms with Gasteiger partial charge in [-0.3, -0.25) is 0 Å². The van der Waals surface area contributed by atoms with Crippen LogP contribution in [0.2, 0.25) is 5.02 Å². The maximum absolute atomic E-state index is 9.77. The molecule has 0 radical (unpaired) electrons. The van der Waals surface area contributed by atoms with E-state index in [1.54, 1.807) is 24.3 Å². The molecule has 1 aliphatic carbocycles. The van der Waals surface area contributed by atoms with Gasteiger partial charge in [0.05, 0.1) is 18.1 Å². The number of nitriles is 2. The second-order valence-corrected chi connectivity index (χ2v) is 5.96. The highest BCUT2D eigenvalue weighted by molar-refractivity contribution is 6.30. The highest BCUT2D eigenvalue weighted by Gasteiger charge is 2.85. The molecule has 1 saturated carbocycles. The summed E-state index contributed by atoms with van der Waals surface area (Å²) in [5.74, 6) is -3.90. The normalized spacial score (nSPS) is 22.8. The zero-order valence-electron chi connectivity index (χ0n) is 14.4. The molecule has 0 unspecified atom stereocenters. The van der Waals surface area contributed by atoms with Crippen molar-refractivity contribution < 1.29 is 18.9 Å². The minimum absolute atomic E-state index is 0.616. The van der Waals surface area contributed by atoms with E-state index in [-0.39, 0.29) is 0 Å². The van der Waals surface area contributed by atoms with E-state index in [0.717, 1.165) is 5.56 Å². The van der Waals surface area contributed by atoms with Crippen molar-refractivity contribution in [2.24, 2.45) is 11.3 Å². The number of hydrogen-bond donors (Lipinski definition) is 0. The first kappa shape index (κ1) is 19.4. The minimum Gasteiger partial charge on any atom is -0.348 e. The fourth-order valence-corrected chi connectivity index (χ4v) is 3.68. The van der Waals surface area contributed by atoms with Gasteiger partial charge in [-0.15, -0.1) is 0 Å². The van der Waals surface area contributed by atoms with E-state index in [1.807, 2.05) is 24.3 Å². The van der Waals surface area contributed by atoms with Gasteiger partial charge >= 0.3 is 0 Å². The largest absolute Gasteiger partial charge is 0.348 e.